The van der Waals surface area contributed by atoms with E-state index < -0.39 is 6.10 Å². The molecule has 2 aromatic rings. The van der Waals surface area contributed by atoms with Gasteiger partial charge in [0.15, 0.2) is 6.10 Å². The SMILES string of the molecule is CC[C@H](Oc1ccc(OC)cc1)C(=O)N[C@@H](C)c1ccc2c(c1)CCCC2. The van der Waals surface area contributed by atoms with Gasteiger partial charge in [0, 0.05) is 0 Å². The van der Waals surface area contributed by atoms with Gasteiger partial charge < -0.3 is 14.8 Å². The summed E-state index contributed by atoms with van der Waals surface area (Å²) in [5.41, 5.74) is 4.04. The van der Waals surface area contributed by atoms with Crippen LogP contribution in [0.4, 0.5) is 0 Å². The zero-order valence-corrected chi connectivity index (χ0v) is 16.5. The maximum Gasteiger partial charge on any atom is 0.261 e. The Kier molecular flexibility index (Phi) is 6.38. The van der Waals surface area contributed by atoms with Gasteiger partial charge in [-0.25, -0.2) is 0 Å². The third-order valence-corrected chi connectivity index (χ3v) is 5.23. The van der Waals surface area contributed by atoms with E-state index in [1.807, 2.05) is 38.1 Å². The van der Waals surface area contributed by atoms with Crippen molar-refractivity contribution in [2.45, 2.75) is 58.1 Å². The van der Waals surface area contributed by atoms with E-state index in [-0.39, 0.29) is 11.9 Å². The van der Waals surface area contributed by atoms with Crippen LogP contribution in [-0.4, -0.2) is 19.1 Å². The molecule has 1 N–H and O–H groups in total. The third kappa shape index (κ3) is 4.82. The summed E-state index contributed by atoms with van der Waals surface area (Å²) in [6.07, 6.45) is 4.93. The normalized spacial score (nSPS) is 15.4. The van der Waals surface area contributed by atoms with Crippen LogP contribution in [0.25, 0.3) is 0 Å². The van der Waals surface area contributed by atoms with Gasteiger partial charge in [-0.15, -0.1) is 0 Å². The van der Waals surface area contributed by atoms with Gasteiger partial charge in [0.25, 0.3) is 5.91 Å². The maximum atomic E-state index is 12.7. The Bertz CT molecular complexity index is 770. The minimum atomic E-state index is -0.515. The number of fused-ring (bicyclic) bond motifs is 1. The van der Waals surface area contributed by atoms with Gasteiger partial charge in [0.1, 0.15) is 11.5 Å². The molecule has 0 aromatic heterocycles. The van der Waals surface area contributed by atoms with Gasteiger partial charge in [0.2, 0.25) is 0 Å². The van der Waals surface area contributed by atoms with Crippen molar-refractivity contribution in [3.05, 3.63) is 59.2 Å². The number of methoxy groups -OCH3 is 1. The predicted molar refractivity (Wildman–Crippen MR) is 107 cm³/mol. The number of nitrogens with one attached hydrogen (secondary N) is 1. The number of rotatable bonds is 7. The van der Waals surface area contributed by atoms with Gasteiger partial charge >= 0.3 is 0 Å². The molecule has 1 amide bonds. The lowest BCUT2D eigenvalue weighted by molar-refractivity contribution is -0.128. The molecular formula is C23H29NO3. The molecule has 0 radical (unpaired) electrons. The maximum absolute atomic E-state index is 12.7. The Balaban J connectivity index is 1.63. The van der Waals surface area contributed by atoms with Crippen LogP contribution in [0, 0.1) is 0 Å². The molecular weight excluding hydrogens is 338 g/mol. The van der Waals surface area contributed by atoms with E-state index in [2.05, 4.69) is 23.5 Å². The number of carbonyl (C=O) groups is 1. The van der Waals surface area contributed by atoms with Gasteiger partial charge in [-0.1, -0.05) is 25.1 Å². The first kappa shape index (κ1) is 19.3. The van der Waals surface area contributed by atoms with Crippen molar-refractivity contribution < 1.29 is 14.3 Å². The number of aryl methyl sites for hydroxylation is 2. The summed E-state index contributed by atoms with van der Waals surface area (Å²) in [5.74, 6) is 1.35. The molecule has 0 bridgehead atoms. The Labute approximate surface area is 161 Å². The number of carbonyl (C=O) groups excluding carboxylic acids is 1. The first-order valence-electron chi connectivity index (χ1n) is 9.83. The van der Waals surface area contributed by atoms with Crippen molar-refractivity contribution in [1.82, 2.24) is 5.32 Å². The number of hydrogen-bond acceptors (Lipinski definition) is 3. The number of amides is 1. The van der Waals surface area contributed by atoms with Crippen molar-refractivity contribution in [2.75, 3.05) is 7.11 Å². The van der Waals surface area contributed by atoms with Crippen LogP contribution in [0.1, 0.15) is 55.8 Å². The van der Waals surface area contributed by atoms with Crippen molar-refractivity contribution >= 4 is 5.91 Å². The molecule has 2 aromatic carbocycles. The summed E-state index contributed by atoms with van der Waals surface area (Å²) in [7, 11) is 1.63. The van der Waals surface area contributed by atoms with E-state index in [0.717, 1.165) is 17.7 Å². The van der Waals surface area contributed by atoms with Crippen LogP contribution in [0.5, 0.6) is 11.5 Å². The highest BCUT2D eigenvalue weighted by molar-refractivity contribution is 5.81. The van der Waals surface area contributed by atoms with E-state index in [1.54, 1.807) is 7.11 Å². The summed E-state index contributed by atoms with van der Waals surface area (Å²) in [6, 6.07) is 13.9. The second-order valence-electron chi connectivity index (χ2n) is 7.16. The highest BCUT2D eigenvalue weighted by Gasteiger charge is 2.21. The number of benzene rings is 2. The molecule has 1 aliphatic carbocycles. The Morgan fingerprint density at radius 3 is 2.37 bits per heavy atom. The van der Waals surface area contributed by atoms with Crippen LogP contribution in [0.15, 0.2) is 42.5 Å². The topological polar surface area (TPSA) is 47.6 Å². The molecule has 0 heterocycles. The first-order chi connectivity index (χ1) is 13.1. The van der Waals surface area contributed by atoms with Crippen LogP contribution >= 0.6 is 0 Å². The highest BCUT2D eigenvalue weighted by atomic mass is 16.5. The summed E-state index contributed by atoms with van der Waals surface area (Å²) in [4.78, 5) is 12.7. The Morgan fingerprint density at radius 1 is 1.04 bits per heavy atom. The second-order valence-corrected chi connectivity index (χ2v) is 7.16. The van der Waals surface area contributed by atoms with Crippen molar-refractivity contribution in [3.63, 3.8) is 0 Å². The molecule has 0 saturated carbocycles. The van der Waals surface area contributed by atoms with Gasteiger partial charge in [-0.05, 0) is 80.0 Å². The quantitative estimate of drug-likeness (QED) is 0.777. The van der Waals surface area contributed by atoms with Crippen LogP contribution in [0.2, 0.25) is 0 Å². The average Bonchev–Trinajstić information content (AvgIpc) is 2.71. The van der Waals surface area contributed by atoms with E-state index in [0.29, 0.717) is 12.2 Å². The van der Waals surface area contributed by atoms with Gasteiger partial charge in [0.05, 0.1) is 13.2 Å². The lowest BCUT2D eigenvalue weighted by Gasteiger charge is -2.22. The zero-order chi connectivity index (χ0) is 19.2. The molecule has 2 atom stereocenters. The minimum absolute atomic E-state index is 0.0433. The lowest BCUT2D eigenvalue weighted by atomic mass is 9.89. The predicted octanol–water partition coefficient (Wildman–Crippen LogP) is 4.61. The number of ether oxygens (including phenoxy) is 2. The molecule has 4 heteroatoms. The highest BCUT2D eigenvalue weighted by Crippen LogP contribution is 2.25. The van der Waals surface area contributed by atoms with E-state index in [4.69, 9.17) is 9.47 Å². The van der Waals surface area contributed by atoms with Crippen molar-refractivity contribution in [1.29, 1.82) is 0 Å². The van der Waals surface area contributed by atoms with Crippen molar-refractivity contribution in [3.8, 4) is 11.5 Å². The molecule has 1 aliphatic rings. The third-order valence-electron chi connectivity index (χ3n) is 5.23. The Morgan fingerprint density at radius 2 is 1.70 bits per heavy atom. The largest absolute Gasteiger partial charge is 0.497 e. The van der Waals surface area contributed by atoms with Gasteiger partial charge in [-0.3, -0.25) is 4.79 Å². The second kappa shape index (κ2) is 8.94. The molecule has 144 valence electrons. The lowest BCUT2D eigenvalue weighted by Crippen LogP contribution is -2.39. The van der Waals surface area contributed by atoms with Crippen molar-refractivity contribution in [2.24, 2.45) is 0 Å². The average molecular weight is 367 g/mol. The minimum Gasteiger partial charge on any atom is -0.497 e. The summed E-state index contributed by atoms with van der Waals surface area (Å²) < 4.78 is 11.0. The fourth-order valence-electron chi connectivity index (χ4n) is 3.55. The van der Waals surface area contributed by atoms with Crippen LogP contribution in [0.3, 0.4) is 0 Å². The summed E-state index contributed by atoms with van der Waals surface area (Å²) in [5, 5.41) is 3.11. The van der Waals surface area contributed by atoms with Crippen LogP contribution in [-0.2, 0) is 17.6 Å². The molecule has 0 aliphatic heterocycles. The fraction of sp³-hybridized carbons (Fsp3) is 0.435. The Hall–Kier alpha value is -2.49. The smallest absolute Gasteiger partial charge is 0.261 e. The zero-order valence-electron chi connectivity index (χ0n) is 16.5. The molecule has 0 unspecified atom stereocenters. The monoisotopic (exact) mass is 367 g/mol. The molecule has 0 spiro atoms. The van der Waals surface area contributed by atoms with E-state index >= 15 is 0 Å². The fourth-order valence-corrected chi connectivity index (χ4v) is 3.55. The number of hydrogen-bond donors (Lipinski definition) is 1. The van der Waals surface area contributed by atoms with Gasteiger partial charge in [-0.2, -0.15) is 0 Å². The standard InChI is InChI=1S/C23H29NO3/c1-4-22(27-21-13-11-20(26-3)12-14-21)23(25)24-16(2)18-10-9-17-7-5-6-8-19(17)15-18/h9-16,22H,4-8H2,1-3H3,(H,24,25)/t16-,22-/m0/s1. The first-order valence-corrected chi connectivity index (χ1v) is 9.83. The molecule has 27 heavy (non-hydrogen) atoms. The summed E-state index contributed by atoms with van der Waals surface area (Å²) >= 11 is 0. The molecule has 0 saturated heterocycles. The summed E-state index contributed by atoms with van der Waals surface area (Å²) in [6.45, 7) is 3.99. The molecule has 0 fully saturated rings. The van der Waals surface area contributed by atoms with E-state index in [9.17, 15) is 4.79 Å². The molecule has 4 nitrogen and oxygen atoms in total. The van der Waals surface area contributed by atoms with E-state index in [1.165, 1.54) is 30.4 Å². The molecule has 3 rings (SSSR count). The van der Waals surface area contributed by atoms with Crippen LogP contribution < -0.4 is 14.8 Å².